The summed E-state index contributed by atoms with van der Waals surface area (Å²) < 4.78 is 0. The first kappa shape index (κ1) is 25.5. The van der Waals surface area contributed by atoms with E-state index in [1.165, 1.54) is 0 Å². The Labute approximate surface area is 163 Å². The molecule has 0 radical (unpaired) electrons. The zero-order valence-corrected chi connectivity index (χ0v) is 16.7. The maximum atomic E-state index is 12.1. The molecule has 24 heavy (non-hydrogen) atoms. The van der Waals surface area contributed by atoms with Crippen LogP contribution in [0, 0.1) is 0 Å². The quantitative estimate of drug-likeness (QED) is 0.746. The Morgan fingerprint density at radius 1 is 1.17 bits per heavy atom. The molecule has 1 fully saturated rings. The molecule has 1 saturated heterocycles. The van der Waals surface area contributed by atoms with Crippen molar-refractivity contribution in [1.29, 1.82) is 0 Å². The number of hydrogen-bond donors (Lipinski definition) is 2. The second kappa shape index (κ2) is 12.6. The summed E-state index contributed by atoms with van der Waals surface area (Å²) in [6.45, 7) is 10.5. The number of hydrogen-bond acceptors (Lipinski definition) is 4. The summed E-state index contributed by atoms with van der Waals surface area (Å²) in [6, 6.07) is 7.52. The van der Waals surface area contributed by atoms with Crippen LogP contribution in [0.15, 0.2) is 24.3 Å². The molecule has 0 spiro atoms. The molecule has 140 valence electrons. The molecule has 1 atom stereocenters. The van der Waals surface area contributed by atoms with Crippen molar-refractivity contribution >= 4 is 48.8 Å². The van der Waals surface area contributed by atoms with Gasteiger partial charge in [0.05, 0.1) is 5.56 Å². The van der Waals surface area contributed by atoms with E-state index in [2.05, 4.69) is 29.0 Å². The number of piperazine rings is 1. The standard InChI is InChI=1S/C16H26N4O.3ClH/c1-3-19-8-10-20(11-9-19)13(2)12-18-16(21)14-6-4-5-7-15(14)17;;;/h4-7,13H,3,8-12,17H2,1-2H3,(H,18,21);3*1H. The smallest absolute Gasteiger partial charge is 0.253 e. The Morgan fingerprint density at radius 3 is 2.29 bits per heavy atom. The predicted octanol–water partition coefficient (Wildman–Crippen LogP) is 2.29. The lowest BCUT2D eigenvalue weighted by Crippen LogP contribution is -2.52. The molecule has 1 aliphatic heterocycles. The van der Waals surface area contributed by atoms with Crippen molar-refractivity contribution in [2.45, 2.75) is 19.9 Å². The SMILES string of the molecule is CCN1CCN(C(C)CNC(=O)c2ccccc2N)CC1.Cl.Cl.Cl. The van der Waals surface area contributed by atoms with Crippen LogP contribution in [0.3, 0.4) is 0 Å². The van der Waals surface area contributed by atoms with Crippen molar-refractivity contribution in [2.24, 2.45) is 0 Å². The van der Waals surface area contributed by atoms with E-state index in [9.17, 15) is 4.79 Å². The van der Waals surface area contributed by atoms with Crippen molar-refractivity contribution in [3.63, 3.8) is 0 Å². The lowest BCUT2D eigenvalue weighted by molar-refractivity contribution is 0.0883. The van der Waals surface area contributed by atoms with Crippen LogP contribution < -0.4 is 11.1 Å². The van der Waals surface area contributed by atoms with E-state index >= 15 is 0 Å². The van der Waals surface area contributed by atoms with Crippen molar-refractivity contribution in [3.05, 3.63) is 29.8 Å². The zero-order valence-electron chi connectivity index (χ0n) is 14.2. The second-order valence-electron chi connectivity index (χ2n) is 5.62. The molecule has 2 rings (SSSR count). The third-order valence-corrected chi connectivity index (χ3v) is 4.24. The number of nitrogen functional groups attached to an aromatic ring is 1. The Morgan fingerprint density at radius 2 is 1.75 bits per heavy atom. The fourth-order valence-corrected chi connectivity index (χ4v) is 2.69. The van der Waals surface area contributed by atoms with Gasteiger partial charge in [-0.25, -0.2) is 0 Å². The van der Waals surface area contributed by atoms with Gasteiger partial charge in [-0.05, 0) is 25.6 Å². The summed E-state index contributed by atoms with van der Waals surface area (Å²) in [5, 5.41) is 2.99. The Bertz CT molecular complexity index is 482. The number of rotatable bonds is 5. The maximum absolute atomic E-state index is 12.1. The number of nitrogens with zero attached hydrogens (tertiary/aromatic N) is 2. The van der Waals surface area contributed by atoms with E-state index in [0.29, 0.717) is 23.8 Å². The van der Waals surface area contributed by atoms with E-state index in [0.717, 1.165) is 32.7 Å². The van der Waals surface area contributed by atoms with Crippen molar-refractivity contribution in [3.8, 4) is 0 Å². The van der Waals surface area contributed by atoms with Crippen molar-refractivity contribution in [1.82, 2.24) is 15.1 Å². The molecule has 0 saturated carbocycles. The van der Waals surface area contributed by atoms with E-state index in [1.54, 1.807) is 12.1 Å². The molecule has 1 aromatic rings. The van der Waals surface area contributed by atoms with E-state index in [-0.39, 0.29) is 43.1 Å². The first-order chi connectivity index (χ1) is 10.1. The van der Waals surface area contributed by atoms with E-state index < -0.39 is 0 Å². The number of anilines is 1. The summed E-state index contributed by atoms with van der Waals surface area (Å²) in [4.78, 5) is 17.0. The third-order valence-electron chi connectivity index (χ3n) is 4.24. The van der Waals surface area contributed by atoms with Crippen LogP contribution in [0.25, 0.3) is 0 Å². The molecule has 1 amide bonds. The molecule has 3 N–H and O–H groups in total. The van der Waals surface area contributed by atoms with Gasteiger partial charge < -0.3 is 16.0 Å². The fourth-order valence-electron chi connectivity index (χ4n) is 2.69. The van der Waals surface area contributed by atoms with E-state index in [4.69, 9.17) is 5.73 Å². The minimum atomic E-state index is -0.0906. The predicted molar refractivity (Wildman–Crippen MR) is 108 cm³/mol. The van der Waals surface area contributed by atoms with Crippen LogP contribution >= 0.6 is 37.2 Å². The van der Waals surface area contributed by atoms with Crippen molar-refractivity contribution < 1.29 is 4.79 Å². The number of likely N-dealkylation sites (N-methyl/N-ethyl adjacent to an activating group) is 1. The number of carbonyl (C=O) groups is 1. The third kappa shape index (κ3) is 7.03. The number of nitrogens with one attached hydrogen (secondary N) is 1. The summed E-state index contributed by atoms with van der Waals surface area (Å²) in [5.74, 6) is -0.0906. The molecule has 1 aliphatic rings. The number of carbonyl (C=O) groups excluding carboxylic acids is 1. The lowest BCUT2D eigenvalue weighted by atomic mass is 10.1. The molecular weight excluding hydrogens is 371 g/mol. The molecular formula is C16H29Cl3N4O. The minimum Gasteiger partial charge on any atom is -0.398 e. The average molecular weight is 400 g/mol. The first-order valence-electron chi connectivity index (χ1n) is 7.71. The number of halogens is 3. The fraction of sp³-hybridized carbons (Fsp3) is 0.562. The van der Waals surface area contributed by atoms with Crippen LogP contribution in [-0.4, -0.2) is 61.0 Å². The minimum absolute atomic E-state index is 0. The van der Waals surface area contributed by atoms with Gasteiger partial charge in [0.1, 0.15) is 0 Å². The van der Waals surface area contributed by atoms with Gasteiger partial charge >= 0.3 is 0 Å². The van der Waals surface area contributed by atoms with Crippen LogP contribution in [-0.2, 0) is 0 Å². The van der Waals surface area contributed by atoms with Gasteiger partial charge in [0.15, 0.2) is 0 Å². The molecule has 0 aromatic heterocycles. The van der Waals surface area contributed by atoms with Crippen molar-refractivity contribution in [2.75, 3.05) is 45.0 Å². The van der Waals surface area contributed by atoms with Gasteiger partial charge in [-0.2, -0.15) is 0 Å². The number of nitrogens with two attached hydrogens (primary N) is 1. The molecule has 5 nitrogen and oxygen atoms in total. The summed E-state index contributed by atoms with van der Waals surface area (Å²) in [5.41, 5.74) is 6.91. The largest absolute Gasteiger partial charge is 0.398 e. The lowest BCUT2D eigenvalue weighted by Gasteiger charge is -2.37. The van der Waals surface area contributed by atoms with Gasteiger partial charge in [0.25, 0.3) is 5.91 Å². The Kier molecular flexibility index (Phi) is 13.4. The monoisotopic (exact) mass is 398 g/mol. The molecule has 1 aromatic carbocycles. The van der Waals surface area contributed by atoms with Gasteiger partial charge in [0.2, 0.25) is 0 Å². The highest BCUT2D eigenvalue weighted by Crippen LogP contribution is 2.10. The molecule has 0 bridgehead atoms. The molecule has 0 aliphatic carbocycles. The Hall–Kier alpha value is -0.720. The van der Waals surface area contributed by atoms with Gasteiger partial charge in [0, 0.05) is 44.5 Å². The Balaban J connectivity index is 0. The maximum Gasteiger partial charge on any atom is 0.253 e. The van der Waals surface area contributed by atoms with Gasteiger partial charge in [-0.1, -0.05) is 19.1 Å². The highest BCUT2D eigenvalue weighted by molar-refractivity contribution is 5.99. The summed E-state index contributed by atoms with van der Waals surface area (Å²) >= 11 is 0. The normalized spacial score (nSPS) is 16.1. The average Bonchev–Trinajstić information content (AvgIpc) is 2.52. The van der Waals surface area contributed by atoms with Crippen LogP contribution in [0.4, 0.5) is 5.69 Å². The van der Waals surface area contributed by atoms with Gasteiger partial charge in [-0.3, -0.25) is 9.69 Å². The van der Waals surface area contributed by atoms with Gasteiger partial charge in [-0.15, -0.1) is 37.2 Å². The molecule has 1 unspecified atom stereocenters. The van der Waals surface area contributed by atoms with E-state index in [1.807, 2.05) is 12.1 Å². The number of amides is 1. The molecule has 8 heteroatoms. The highest BCUT2D eigenvalue weighted by atomic mass is 35.5. The summed E-state index contributed by atoms with van der Waals surface area (Å²) in [6.07, 6.45) is 0. The van der Waals surface area contributed by atoms with Crippen LogP contribution in [0.5, 0.6) is 0 Å². The topological polar surface area (TPSA) is 61.6 Å². The summed E-state index contributed by atoms with van der Waals surface area (Å²) in [7, 11) is 0. The van der Waals surface area contributed by atoms with Crippen LogP contribution in [0.1, 0.15) is 24.2 Å². The second-order valence-corrected chi connectivity index (χ2v) is 5.62. The number of benzene rings is 1. The highest BCUT2D eigenvalue weighted by Gasteiger charge is 2.20. The molecule has 1 heterocycles. The van der Waals surface area contributed by atoms with Crippen LogP contribution in [0.2, 0.25) is 0 Å². The first-order valence-corrected chi connectivity index (χ1v) is 7.71. The zero-order chi connectivity index (χ0) is 15.2. The number of para-hydroxylation sites is 1.